The predicted octanol–water partition coefficient (Wildman–Crippen LogP) is -0.524. The van der Waals surface area contributed by atoms with Gasteiger partial charge in [0.2, 0.25) is 0 Å². The van der Waals surface area contributed by atoms with Crippen LogP contribution in [0.1, 0.15) is 12.2 Å². The molecule has 0 bridgehead atoms. The van der Waals surface area contributed by atoms with Crippen LogP contribution in [0.15, 0.2) is 30.3 Å². The molecule has 1 atom stereocenters. The molecule has 0 aliphatic carbocycles. The molecule has 0 saturated carbocycles. The van der Waals surface area contributed by atoms with Gasteiger partial charge in [-0.25, -0.2) is 0 Å². The maximum absolute atomic E-state index is 10.2. The molecule has 106 valence electrons. The first kappa shape index (κ1) is 13.2. The molecular formula is C13H18N6O. The summed E-state index contributed by atoms with van der Waals surface area (Å²) < 4.78 is 1.70. The molecular weight excluding hydrogens is 256 g/mol. The van der Waals surface area contributed by atoms with Crippen molar-refractivity contribution in [3.63, 3.8) is 0 Å². The van der Waals surface area contributed by atoms with Crippen molar-refractivity contribution < 1.29 is 5.11 Å². The maximum atomic E-state index is 10.2. The van der Waals surface area contributed by atoms with E-state index in [0.29, 0.717) is 19.6 Å². The average Bonchev–Trinajstić information content (AvgIpc) is 3.10. The van der Waals surface area contributed by atoms with Crippen molar-refractivity contribution in [2.45, 2.75) is 18.6 Å². The fourth-order valence-corrected chi connectivity index (χ4v) is 2.37. The van der Waals surface area contributed by atoms with Gasteiger partial charge < -0.3 is 15.7 Å². The highest BCUT2D eigenvalue weighted by Gasteiger charge is 2.30. The largest absolute Gasteiger partial charge is 0.387 e. The number of benzene rings is 1. The quantitative estimate of drug-likeness (QED) is 0.680. The van der Waals surface area contributed by atoms with Crippen molar-refractivity contribution in [3.05, 3.63) is 36.2 Å². The zero-order valence-electron chi connectivity index (χ0n) is 11.2. The van der Waals surface area contributed by atoms with Gasteiger partial charge in [0.1, 0.15) is 0 Å². The number of nitrogens with one attached hydrogen (secondary N) is 2. The lowest BCUT2D eigenvalue weighted by Crippen LogP contribution is -2.42. The van der Waals surface area contributed by atoms with E-state index in [2.05, 4.69) is 26.2 Å². The van der Waals surface area contributed by atoms with Crippen molar-refractivity contribution in [3.8, 4) is 5.69 Å². The Morgan fingerprint density at radius 2 is 2.20 bits per heavy atom. The van der Waals surface area contributed by atoms with Gasteiger partial charge in [0, 0.05) is 13.1 Å². The van der Waals surface area contributed by atoms with Crippen LogP contribution in [0.25, 0.3) is 5.69 Å². The van der Waals surface area contributed by atoms with Crippen LogP contribution in [0.5, 0.6) is 0 Å². The second kappa shape index (κ2) is 5.66. The van der Waals surface area contributed by atoms with Gasteiger partial charge in [0.05, 0.1) is 17.8 Å². The maximum Gasteiger partial charge on any atom is 0.170 e. The molecule has 0 spiro atoms. The number of para-hydroxylation sites is 1. The van der Waals surface area contributed by atoms with Crippen LogP contribution in [0.4, 0.5) is 0 Å². The molecule has 1 saturated heterocycles. The van der Waals surface area contributed by atoms with Gasteiger partial charge in [-0.05, 0) is 35.5 Å². The monoisotopic (exact) mass is 274 g/mol. The highest BCUT2D eigenvalue weighted by atomic mass is 16.3. The molecule has 1 aromatic carbocycles. The summed E-state index contributed by atoms with van der Waals surface area (Å²) in [5.41, 5.74) is 0.265. The fraction of sp³-hybridized carbons (Fsp3) is 0.462. The Hall–Kier alpha value is -1.83. The molecule has 0 amide bonds. The Labute approximate surface area is 117 Å². The van der Waals surface area contributed by atoms with Crippen LogP contribution >= 0.6 is 0 Å². The Morgan fingerprint density at radius 3 is 2.95 bits per heavy atom. The molecule has 1 unspecified atom stereocenters. The summed E-state index contributed by atoms with van der Waals surface area (Å²) in [6.07, 6.45) is 0.767. The third kappa shape index (κ3) is 2.84. The smallest absolute Gasteiger partial charge is 0.170 e. The van der Waals surface area contributed by atoms with Crippen LogP contribution in [0.2, 0.25) is 0 Å². The topological polar surface area (TPSA) is 87.9 Å². The van der Waals surface area contributed by atoms with E-state index < -0.39 is 5.60 Å². The van der Waals surface area contributed by atoms with Crippen molar-refractivity contribution in [1.29, 1.82) is 0 Å². The summed E-state index contributed by atoms with van der Waals surface area (Å²) >= 11 is 0. The lowest BCUT2D eigenvalue weighted by atomic mass is 10.0. The number of aliphatic hydroxyl groups is 1. The summed E-state index contributed by atoms with van der Waals surface area (Å²) in [5.74, 6) is 0.728. The first-order valence-electron chi connectivity index (χ1n) is 6.73. The van der Waals surface area contributed by atoms with Crippen LogP contribution < -0.4 is 10.6 Å². The third-order valence-corrected chi connectivity index (χ3v) is 3.49. The normalized spacial score (nSPS) is 22.2. The average molecular weight is 274 g/mol. The number of tetrazole rings is 1. The zero-order valence-corrected chi connectivity index (χ0v) is 11.2. The van der Waals surface area contributed by atoms with E-state index in [1.54, 1.807) is 4.68 Å². The highest BCUT2D eigenvalue weighted by Crippen LogP contribution is 2.13. The summed E-state index contributed by atoms with van der Waals surface area (Å²) in [6, 6.07) is 9.75. The first-order valence-corrected chi connectivity index (χ1v) is 6.73. The van der Waals surface area contributed by atoms with E-state index >= 15 is 0 Å². The lowest BCUT2D eigenvalue weighted by Gasteiger charge is -2.21. The van der Waals surface area contributed by atoms with Crippen LogP contribution in [-0.2, 0) is 6.54 Å². The molecule has 20 heavy (non-hydrogen) atoms. The fourth-order valence-electron chi connectivity index (χ4n) is 2.37. The molecule has 1 fully saturated rings. The number of rotatable bonds is 5. The lowest BCUT2D eigenvalue weighted by molar-refractivity contribution is 0.0606. The van der Waals surface area contributed by atoms with E-state index in [-0.39, 0.29) is 0 Å². The standard InChI is InChI=1S/C13H18N6O/c20-13(6-7-14-9-13)10-15-8-12-16-17-18-19(12)11-4-2-1-3-5-11/h1-5,14-15,20H,6-10H2. The zero-order chi connectivity index (χ0) is 13.8. The summed E-state index contributed by atoms with van der Waals surface area (Å²) in [6.45, 7) is 2.54. The molecule has 7 heteroatoms. The van der Waals surface area contributed by atoms with Gasteiger partial charge >= 0.3 is 0 Å². The minimum atomic E-state index is -0.662. The van der Waals surface area contributed by atoms with Gasteiger partial charge in [-0.3, -0.25) is 0 Å². The first-order chi connectivity index (χ1) is 9.77. The molecule has 2 heterocycles. The minimum absolute atomic E-state index is 0.518. The molecule has 3 N–H and O–H groups in total. The Morgan fingerprint density at radius 1 is 1.35 bits per heavy atom. The van der Waals surface area contributed by atoms with Gasteiger partial charge in [-0.1, -0.05) is 18.2 Å². The summed E-state index contributed by atoms with van der Waals surface area (Å²) in [7, 11) is 0. The number of aromatic nitrogens is 4. The van der Waals surface area contributed by atoms with Crippen molar-refractivity contribution in [2.24, 2.45) is 0 Å². The van der Waals surface area contributed by atoms with E-state index in [1.165, 1.54) is 0 Å². The number of nitrogens with zero attached hydrogens (tertiary/aromatic N) is 4. The molecule has 2 aromatic rings. The number of hydrogen-bond donors (Lipinski definition) is 3. The van der Waals surface area contributed by atoms with Crippen LogP contribution in [-0.4, -0.2) is 50.5 Å². The molecule has 3 rings (SSSR count). The van der Waals surface area contributed by atoms with Gasteiger partial charge in [0.15, 0.2) is 5.82 Å². The van der Waals surface area contributed by atoms with Gasteiger partial charge in [-0.15, -0.1) is 5.10 Å². The van der Waals surface area contributed by atoms with Crippen molar-refractivity contribution >= 4 is 0 Å². The minimum Gasteiger partial charge on any atom is -0.387 e. The predicted molar refractivity (Wildman–Crippen MR) is 73.3 cm³/mol. The molecule has 1 aromatic heterocycles. The second-order valence-electron chi connectivity index (χ2n) is 5.10. The Bertz CT molecular complexity index is 549. The van der Waals surface area contributed by atoms with E-state index in [9.17, 15) is 5.11 Å². The molecule has 0 radical (unpaired) electrons. The second-order valence-corrected chi connectivity index (χ2v) is 5.10. The summed E-state index contributed by atoms with van der Waals surface area (Å²) in [4.78, 5) is 0. The van der Waals surface area contributed by atoms with E-state index in [4.69, 9.17) is 0 Å². The molecule has 7 nitrogen and oxygen atoms in total. The van der Waals surface area contributed by atoms with Gasteiger partial charge in [0.25, 0.3) is 0 Å². The van der Waals surface area contributed by atoms with Crippen molar-refractivity contribution in [1.82, 2.24) is 30.8 Å². The number of β-amino-alcohol motifs (C(OH)–C–C–N with tert-alkyl or cyclic N) is 1. The number of hydrogen-bond acceptors (Lipinski definition) is 6. The van der Waals surface area contributed by atoms with Crippen molar-refractivity contribution in [2.75, 3.05) is 19.6 Å². The Kier molecular flexibility index (Phi) is 3.72. The molecule has 1 aliphatic rings. The summed E-state index contributed by atoms with van der Waals surface area (Å²) in [5, 5.41) is 28.3. The highest BCUT2D eigenvalue weighted by molar-refractivity contribution is 5.30. The third-order valence-electron chi connectivity index (χ3n) is 3.49. The van der Waals surface area contributed by atoms with E-state index in [0.717, 1.165) is 24.5 Å². The van der Waals surface area contributed by atoms with Crippen LogP contribution in [0, 0.1) is 0 Å². The SMILES string of the molecule is OC1(CNCc2nnnn2-c2ccccc2)CCNC1. The van der Waals surface area contributed by atoms with E-state index in [1.807, 2.05) is 30.3 Å². The van der Waals surface area contributed by atoms with Crippen LogP contribution in [0.3, 0.4) is 0 Å². The Balaban J connectivity index is 1.63. The van der Waals surface area contributed by atoms with Gasteiger partial charge in [-0.2, -0.15) is 4.68 Å². The molecule has 1 aliphatic heterocycles.